The molecule has 2 atom stereocenters. The lowest BCUT2D eigenvalue weighted by molar-refractivity contribution is 0.0109. The fourth-order valence-electron chi connectivity index (χ4n) is 5.28. The Kier molecular flexibility index (Phi) is 5.87. The number of benzene rings is 1. The van der Waals surface area contributed by atoms with Crippen LogP contribution in [0.25, 0.3) is 5.65 Å². The zero-order valence-corrected chi connectivity index (χ0v) is 20.3. The van der Waals surface area contributed by atoms with Crippen LogP contribution in [0, 0.1) is 22.7 Å². The molecule has 2 saturated carbocycles. The predicted octanol–water partition coefficient (Wildman–Crippen LogP) is 4.52. The van der Waals surface area contributed by atoms with E-state index in [-0.39, 0.29) is 11.9 Å². The van der Waals surface area contributed by atoms with E-state index in [2.05, 4.69) is 42.7 Å². The number of aromatic nitrogens is 4. The number of halogens is 2. The van der Waals surface area contributed by atoms with Gasteiger partial charge in [0.1, 0.15) is 12.2 Å². The minimum atomic E-state index is -0.722. The van der Waals surface area contributed by atoms with Crippen molar-refractivity contribution in [2.75, 3.05) is 23.7 Å². The number of likely N-dealkylation sites (tertiary alicyclic amines) is 1. The van der Waals surface area contributed by atoms with E-state index in [0.717, 1.165) is 44.1 Å². The van der Waals surface area contributed by atoms with Crippen LogP contribution < -0.4 is 10.6 Å². The molecule has 0 amide bonds. The van der Waals surface area contributed by atoms with Gasteiger partial charge in [-0.1, -0.05) is 18.0 Å². The summed E-state index contributed by atoms with van der Waals surface area (Å²) in [6.45, 7) is 1.01. The van der Waals surface area contributed by atoms with E-state index < -0.39 is 6.17 Å². The third-order valence-electron chi connectivity index (χ3n) is 7.34. The lowest BCUT2D eigenvalue weighted by atomic mass is 9.79. The molecule has 184 valence electrons. The average molecular weight is 506 g/mol. The molecule has 36 heavy (non-hydrogen) atoms. The zero-order valence-electron chi connectivity index (χ0n) is 19.6. The third kappa shape index (κ3) is 4.32. The Morgan fingerprint density at radius 1 is 1.11 bits per heavy atom. The number of alkyl halides is 1. The lowest BCUT2D eigenvalue weighted by Crippen LogP contribution is -2.54. The molecule has 2 aromatic heterocycles. The van der Waals surface area contributed by atoms with Crippen molar-refractivity contribution in [2.24, 2.45) is 0 Å². The largest absolute Gasteiger partial charge is 0.364 e. The minimum Gasteiger partial charge on any atom is -0.364 e. The van der Waals surface area contributed by atoms with Crippen molar-refractivity contribution < 1.29 is 4.39 Å². The van der Waals surface area contributed by atoms with E-state index in [9.17, 15) is 14.9 Å². The number of nitrogens with zero attached hydrogens (tertiary/aromatic N) is 7. The molecule has 0 bridgehead atoms. The van der Waals surface area contributed by atoms with E-state index >= 15 is 0 Å². The summed E-state index contributed by atoms with van der Waals surface area (Å²) in [5.74, 6) is 0.970. The van der Waals surface area contributed by atoms with Crippen molar-refractivity contribution in [3.8, 4) is 12.1 Å². The van der Waals surface area contributed by atoms with Crippen LogP contribution in [0.5, 0.6) is 0 Å². The molecule has 9 nitrogen and oxygen atoms in total. The fraction of sp³-hybridized carbons (Fsp3) is 0.480. The van der Waals surface area contributed by atoms with E-state index in [1.807, 2.05) is 6.07 Å². The highest BCUT2D eigenvalue weighted by molar-refractivity contribution is 6.34. The van der Waals surface area contributed by atoms with Crippen LogP contribution in [-0.4, -0.2) is 55.8 Å². The van der Waals surface area contributed by atoms with Gasteiger partial charge in [0.05, 0.1) is 28.5 Å². The summed E-state index contributed by atoms with van der Waals surface area (Å²) in [4.78, 5) is 11.1. The number of imidazole rings is 1. The summed E-state index contributed by atoms with van der Waals surface area (Å²) in [7, 11) is 0. The predicted molar refractivity (Wildman–Crippen MR) is 133 cm³/mol. The molecule has 6 rings (SSSR count). The summed E-state index contributed by atoms with van der Waals surface area (Å²) in [5, 5.41) is 30.8. The van der Waals surface area contributed by atoms with Crippen LogP contribution in [0.15, 0.2) is 18.3 Å². The molecule has 1 aromatic carbocycles. The van der Waals surface area contributed by atoms with E-state index in [1.165, 1.54) is 10.7 Å². The first-order valence-electron chi connectivity index (χ1n) is 12.3. The van der Waals surface area contributed by atoms with Gasteiger partial charge in [-0.3, -0.25) is 4.90 Å². The molecule has 1 unspecified atom stereocenters. The van der Waals surface area contributed by atoms with Crippen molar-refractivity contribution >= 4 is 34.7 Å². The Hall–Kier alpha value is -3.47. The molecule has 0 spiro atoms. The maximum absolute atomic E-state index is 13.4. The van der Waals surface area contributed by atoms with E-state index in [0.29, 0.717) is 58.6 Å². The molecule has 2 N–H and O–H groups in total. The third-order valence-corrected chi connectivity index (χ3v) is 7.76. The van der Waals surface area contributed by atoms with Gasteiger partial charge >= 0.3 is 0 Å². The highest BCUT2D eigenvalue weighted by Gasteiger charge is 2.36. The first kappa shape index (κ1) is 23.0. The first-order chi connectivity index (χ1) is 17.5. The standard InChI is InChI=1S/C25H25ClFN9/c26-22-20(15-2-1-3-18(8-15)35-12-16(27)13-35)6-14(9-28)7-21(22)32-25-33-23(31-17-4-5-17)24-30-11-19(10-29)36(24)34-25/h6-7,11,15-18H,1-5,8,12-13H2,(H2,31,32,33,34)/t15?,18-/m1/s1. The van der Waals surface area contributed by atoms with Crippen molar-refractivity contribution in [3.63, 3.8) is 0 Å². The van der Waals surface area contributed by atoms with Crippen molar-refractivity contribution in [3.05, 3.63) is 40.2 Å². The smallest absolute Gasteiger partial charge is 0.247 e. The number of fused-ring (bicyclic) bond motifs is 1. The van der Waals surface area contributed by atoms with Gasteiger partial charge in [0.25, 0.3) is 0 Å². The van der Waals surface area contributed by atoms with Crippen molar-refractivity contribution in [1.82, 2.24) is 24.5 Å². The van der Waals surface area contributed by atoms with Crippen LogP contribution in [0.1, 0.15) is 61.3 Å². The first-order valence-corrected chi connectivity index (χ1v) is 12.7. The number of nitriles is 2. The monoisotopic (exact) mass is 505 g/mol. The fourth-order valence-corrected chi connectivity index (χ4v) is 5.59. The highest BCUT2D eigenvalue weighted by atomic mass is 35.5. The Balaban J connectivity index is 1.33. The molecule has 1 saturated heterocycles. The lowest BCUT2D eigenvalue weighted by Gasteiger charge is -2.44. The topological polar surface area (TPSA) is 118 Å². The molecule has 11 heteroatoms. The molecule has 3 heterocycles. The molecule has 3 aliphatic rings. The number of hydrogen-bond donors (Lipinski definition) is 2. The second kappa shape index (κ2) is 9.20. The molecular weight excluding hydrogens is 481 g/mol. The normalized spacial score (nSPS) is 22.6. The van der Waals surface area contributed by atoms with Crippen LogP contribution in [-0.2, 0) is 0 Å². The minimum absolute atomic E-state index is 0.179. The SMILES string of the molecule is N#Cc1cc(Nc2nc(NC3CC3)c3ncc(C#N)n3n2)c(Cl)c(C2CCC[C@@H](N3CC(F)C3)C2)c1. The Bertz CT molecular complexity index is 1400. The van der Waals surface area contributed by atoms with Crippen molar-refractivity contribution in [2.45, 2.75) is 62.7 Å². The van der Waals surface area contributed by atoms with Crippen LogP contribution in [0.4, 0.5) is 21.8 Å². The molecule has 3 aromatic rings. The molecular formula is C25H25ClFN9. The van der Waals surface area contributed by atoms with Crippen LogP contribution in [0.3, 0.4) is 0 Å². The van der Waals surface area contributed by atoms with E-state index in [1.54, 1.807) is 6.07 Å². The molecule has 3 fully saturated rings. The van der Waals surface area contributed by atoms with Crippen LogP contribution in [0.2, 0.25) is 5.02 Å². The summed E-state index contributed by atoms with van der Waals surface area (Å²) >= 11 is 6.92. The maximum Gasteiger partial charge on any atom is 0.247 e. The summed E-state index contributed by atoms with van der Waals surface area (Å²) < 4.78 is 14.9. The summed E-state index contributed by atoms with van der Waals surface area (Å²) in [6.07, 6.45) is 6.80. The quantitative estimate of drug-likeness (QED) is 0.502. The van der Waals surface area contributed by atoms with Gasteiger partial charge < -0.3 is 10.6 Å². The van der Waals surface area contributed by atoms with Gasteiger partial charge in [-0.15, -0.1) is 5.10 Å². The van der Waals surface area contributed by atoms with Gasteiger partial charge in [-0.05, 0) is 55.7 Å². The van der Waals surface area contributed by atoms with Gasteiger partial charge in [0.15, 0.2) is 17.2 Å². The van der Waals surface area contributed by atoms with Gasteiger partial charge in [0, 0.05) is 25.2 Å². The van der Waals surface area contributed by atoms with Gasteiger partial charge in [0.2, 0.25) is 5.95 Å². The summed E-state index contributed by atoms with van der Waals surface area (Å²) in [6, 6.07) is 8.56. The number of nitrogens with one attached hydrogen (secondary N) is 2. The van der Waals surface area contributed by atoms with Crippen molar-refractivity contribution in [1.29, 1.82) is 10.5 Å². The molecule has 0 radical (unpaired) electrons. The highest BCUT2D eigenvalue weighted by Crippen LogP contribution is 2.42. The van der Waals surface area contributed by atoms with Gasteiger partial charge in [-0.25, -0.2) is 9.37 Å². The second-order valence-electron chi connectivity index (χ2n) is 9.93. The maximum atomic E-state index is 13.4. The molecule has 1 aliphatic heterocycles. The number of rotatable bonds is 6. The second-order valence-corrected chi connectivity index (χ2v) is 10.3. The number of hydrogen-bond acceptors (Lipinski definition) is 8. The zero-order chi connectivity index (χ0) is 24.8. The number of anilines is 3. The van der Waals surface area contributed by atoms with Crippen LogP contribution >= 0.6 is 11.6 Å². The summed E-state index contributed by atoms with van der Waals surface area (Å²) in [5.41, 5.74) is 2.72. The Morgan fingerprint density at radius 3 is 2.67 bits per heavy atom. The Labute approximate surface area is 212 Å². The average Bonchev–Trinajstić information content (AvgIpc) is 3.59. The van der Waals surface area contributed by atoms with Gasteiger partial charge in [-0.2, -0.15) is 20.0 Å². The Morgan fingerprint density at radius 2 is 1.94 bits per heavy atom. The van der Waals surface area contributed by atoms with E-state index in [4.69, 9.17) is 11.6 Å². The molecule has 2 aliphatic carbocycles.